The smallest absolute Gasteiger partial charge is 0.0706 e. The molecule has 16 heavy (non-hydrogen) atoms. The van der Waals surface area contributed by atoms with Crippen LogP contribution in [-0.4, -0.2) is 11.5 Å². The van der Waals surface area contributed by atoms with E-state index < -0.39 is 0 Å². The Morgan fingerprint density at radius 2 is 2.19 bits per heavy atom. The van der Waals surface area contributed by atoms with Gasteiger partial charge < -0.3 is 5.32 Å². The van der Waals surface area contributed by atoms with Gasteiger partial charge in [-0.25, -0.2) is 0 Å². The molecule has 0 saturated heterocycles. The molecule has 2 aromatic rings. The summed E-state index contributed by atoms with van der Waals surface area (Å²) >= 11 is 0. The molecule has 1 heterocycles. The number of fused-ring (bicyclic) bond motifs is 1. The van der Waals surface area contributed by atoms with Crippen LogP contribution in [0.25, 0.3) is 10.9 Å². The van der Waals surface area contributed by atoms with Crippen LogP contribution in [0.4, 0.5) is 5.69 Å². The van der Waals surface area contributed by atoms with Gasteiger partial charge in [-0.05, 0) is 31.2 Å². The lowest BCUT2D eigenvalue weighted by atomic mass is 10.2. The SMILES string of the molecule is Cc1ccc2cc(NCCC#N)ccc2n1. The van der Waals surface area contributed by atoms with Crippen molar-refractivity contribution in [1.29, 1.82) is 5.26 Å². The van der Waals surface area contributed by atoms with Crippen molar-refractivity contribution in [1.82, 2.24) is 4.98 Å². The molecule has 0 bridgehead atoms. The second-order valence-corrected chi connectivity index (χ2v) is 3.70. The van der Waals surface area contributed by atoms with Gasteiger partial charge in [0.25, 0.3) is 0 Å². The number of benzene rings is 1. The van der Waals surface area contributed by atoms with E-state index in [0.29, 0.717) is 13.0 Å². The first-order valence-corrected chi connectivity index (χ1v) is 5.28. The Balaban J connectivity index is 2.24. The molecule has 1 N–H and O–H groups in total. The van der Waals surface area contributed by atoms with E-state index in [-0.39, 0.29) is 0 Å². The molecular weight excluding hydrogens is 198 g/mol. The van der Waals surface area contributed by atoms with Gasteiger partial charge in [0, 0.05) is 23.3 Å². The molecule has 2 rings (SSSR count). The molecule has 0 radical (unpaired) electrons. The molecule has 0 aliphatic rings. The highest BCUT2D eigenvalue weighted by Crippen LogP contribution is 2.17. The Hall–Kier alpha value is -2.08. The Morgan fingerprint density at radius 3 is 3.00 bits per heavy atom. The highest BCUT2D eigenvalue weighted by molar-refractivity contribution is 5.82. The zero-order chi connectivity index (χ0) is 11.4. The fourth-order valence-corrected chi connectivity index (χ4v) is 1.60. The van der Waals surface area contributed by atoms with E-state index in [0.717, 1.165) is 22.3 Å². The molecule has 1 aromatic carbocycles. The predicted octanol–water partition coefficient (Wildman–Crippen LogP) is 2.87. The van der Waals surface area contributed by atoms with Gasteiger partial charge in [0.2, 0.25) is 0 Å². The molecule has 0 amide bonds. The van der Waals surface area contributed by atoms with Crippen LogP contribution >= 0.6 is 0 Å². The average molecular weight is 211 g/mol. The zero-order valence-electron chi connectivity index (χ0n) is 9.20. The van der Waals surface area contributed by atoms with Gasteiger partial charge in [0.15, 0.2) is 0 Å². The highest BCUT2D eigenvalue weighted by Gasteiger charge is 1.97. The van der Waals surface area contributed by atoms with Crippen LogP contribution < -0.4 is 5.32 Å². The van der Waals surface area contributed by atoms with Crippen molar-refractivity contribution in [3.8, 4) is 6.07 Å². The summed E-state index contributed by atoms with van der Waals surface area (Å²) in [5, 5.41) is 12.8. The molecule has 0 fully saturated rings. The van der Waals surface area contributed by atoms with Crippen molar-refractivity contribution in [3.05, 3.63) is 36.0 Å². The third-order valence-electron chi connectivity index (χ3n) is 2.39. The third-order valence-corrected chi connectivity index (χ3v) is 2.39. The topological polar surface area (TPSA) is 48.7 Å². The third kappa shape index (κ3) is 2.29. The second-order valence-electron chi connectivity index (χ2n) is 3.70. The quantitative estimate of drug-likeness (QED) is 0.794. The molecule has 1 aromatic heterocycles. The normalized spacial score (nSPS) is 10.0. The van der Waals surface area contributed by atoms with Gasteiger partial charge >= 0.3 is 0 Å². The molecular formula is C13H13N3. The summed E-state index contributed by atoms with van der Waals surface area (Å²) in [4.78, 5) is 4.43. The summed E-state index contributed by atoms with van der Waals surface area (Å²) in [7, 11) is 0. The molecule has 80 valence electrons. The Kier molecular flexibility index (Phi) is 3.02. The van der Waals surface area contributed by atoms with Crippen LogP contribution in [0.5, 0.6) is 0 Å². The van der Waals surface area contributed by atoms with E-state index in [2.05, 4.69) is 28.5 Å². The minimum atomic E-state index is 0.518. The van der Waals surface area contributed by atoms with E-state index >= 15 is 0 Å². The number of hydrogen-bond donors (Lipinski definition) is 1. The lowest BCUT2D eigenvalue weighted by molar-refractivity contribution is 1.08. The van der Waals surface area contributed by atoms with E-state index in [1.807, 2.05) is 25.1 Å². The number of anilines is 1. The van der Waals surface area contributed by atoms with Crippen molar-refractivity contribution in [2.75, 3.05) is 11.9 Å². The fraction of sp³-hybridized carbons (Fsp3) is 0.231. The number of aromatic nitrogens is 1. The Morgan fingerprint density at radius 1 is 1.31 bits per heavy atom. The first kappa shape index (κ1) is 10.4. The maximum absolute atomic E-state index is 8.45. The maximum Gasteiger partial charge on any atom is 0.0706 e. The first-order valence-electron chi connectivity index (χ1n) is 5.28. The minimum absolute atomic E-state index is 0.518. The van der Waals surface area contributed by atoms with Crippen LogP contribution in [0.2, 0.25) is 0 Å². The molecule has 0 aliphatic carbocycles. The van der Waals surface area contributed by atoms with Crippen molar-refractivity contribution >= 4 is 16.6 Å². The number of aryl methyl sites for hydroxylation is 1. The molecule has 3 nitrogen and oxygen atoms in total. The fourth-order valence-electron chi connectivity index (χ4n) is 1.60. The van der Waals surface area contributed by atoms with Crippen molar-refractivity contribution in [2.24, 2.45) is 0 Å². The molecule has 0 atom stereocenters. The van der Waals surface area contributed by atoms with Gasteiger partial charge in [-0.15, -0.1) is 0 Å². The van der Waals surface area contributed by atoms with Gasteiger partial charge in [0.05, 0.1) is 18.0 Å². The van der Waals surface area contributed by atoms with Crippen molar-refractivity contribution < 1.29 is 0 Å². The summed E-state index contributed by atoms with van der Waals surface area (Å²) < 4.78 is 0. The van der Waals surface area contributed by atoms with Gasteiger partial charge in [0.1, 0.15) is 0 Å². The summed E-state index contributed by atoms with van der Waals surface area (Å²) in [6.45, 7) is 2.67. The zero-order valence-corrected chi connectivity index (χ0v) is 9.20. The average Bonchev–Trinajstić information content (AvgIpc) is 2.29. The monoisotopic (exact) mass is 211 g/mol. The first-order chi connectivity index (χ1) is 7.79. The van der Waals surface area contributed by atoms with Crippen LogP contribution in [-0.2, 0) is 0 Å². The largest absolute Gasteiger partial charge is 0.384 e. The molecule has 0 unspecified atom stereocenters. The number of nitrogens with zero attached hydrogens (tertiary/aromatic N) is 2. The number of nitriles is 1. The molecule has 0 saturated carbocycles. The summed E-state index contributed by atoms with van der Waals surface area (Å²) in [6.07, 6.45) is 0.518. The number of nitrogens with one attached hydrogen (secondary N) is 1. The lowest BCUT2D eigenvalue weighted by Crippen LogP contribution is -1.99. The van der Waals surface area contributed by atoms with Crippen LogP contribution in [0, 0.1) is 18.3 Å². The summed E-state index contributed by atoms with van der Waals surface area (Å²) in [6, 6.07) is 12.2. The minimum Gasteiger partial charge on any atom is -0.384 e. The van der Waals surface area contributed by atoms with Gasteiger partial charge in [-0.3, -0.25) is 4.98 Å². The standard InChI is InChI=1S/C13H13N3/c1-10-3-4-11-9-12(15-8-2-7-14)5-6-13(11)16-10/h3-6,9,15H,2,8H2,1H3. The number of hydrogen-bond acceptors (Lipinski definition) is 3. The lowest BCUT2D eigenvalue weighted by Gasteiger charge is -2.05. The predicted molar refractivity (Wildman–Crippen MR) is 65.2 cm³/mol. The van der Waals surface area contributed by atoms with Crippen molar-refractivity contribution in [2.45, 2.75) is 13.3 Å². The molecule has 0 aliphatic heterocycles. The van der Waals surface area contributed by atoms with Crippen LogP contribution in [0.3, 0.4) is 0 Å². The summed E-state index contributed by atoms with van der Waals surface area (Å²) in [5.41, 5.74) is 3.07. The van der Waals surface area contributed by atoms with Crippen LogP contribution in [0.15, 0.2) is 30.3 Å². The van der Waals surface area contributed by atoms with E-state index in [1.54, 1.807) is 0 Å². The maximum atomic E-state index is 8.45. The van der Waals surface area contributed by atoms with E-state index in [1.165, 1.54) is 0 Å². The number of pyridine rings is 1. The summed E-state index contributed by atoms with van der Waals surface area (Å²) in [5.74, 6) is 0. The number of rotatable bonds is 3. The highest BCUT2D eigenvalue weighted by atomic mass is 14.9. The molecule has 0 spiro atoms. The Bertz CT molecular complexity index is 540. The van der Waals surface area contributed by atoms with Crippen molar-refractivity contribution in [3.63, 3.8) is 0 Å². The Labute approximate surface area is 94.7 Å². The van der Waals surface area contributed by atoms with E-state index in [4.69, 9.17) is 5.26 Å². The van der Waals surface area contributed by atoms with Crippen LogP contribution in [0.1, 0.15) is 12.1 Å². The van der Waals surface area contributed by atoms with Gasteiger partial charge in [-0.2, -0.15) is 5.26 Å². The van der Waals surface area contributed by atoms with Gasteiger partial charge in [-0.1, -0.05) is 6.07 Å². The second kappa shape index (κ2) is 4.63. The van der Waals surface area contributed by atoms with E-state index in [9.17, 15) is 0 Å². The molecule has 3 heteroatoms.